The van der Waals surface area contributed by atoms with Gasteiger partial charge in [0.05, 0.1) is 18.9 Å². The smallest absolute Gasteiger partial charge is 0.338 e. The molecule has 1 N–H and O–H groups in total. The number of ether oxygens (including phenoxy) is 2. The Kier molecular flexibility index (Phi) is 6.38. The fourth-order valence-corrected chi connectivity index (χ4v) is 2.58. The second-order valence-electron chi connectivity index (χ2n) is 5.77. The van der Waals surface area contributed by atoms with Crippen molar-refractivity contribution in [3.8, 4) is 5.75 Å². The van der Waals surface area contributed by atoms with Crippen LogP contribution in [0.4, 0.5) is 5.69 Å². The molecule has 0 spiro atoms. The predicted octanol–water partition coefficient (Wildman–Crippen LogP) is 3.04. The fourth-order valence-electron chi connectivity index (χ4n) is 2.31. The number of amides is 1. The number of methoxy groups -OCH3 is 1. The summed E-state index contributed by atoms with van der Waals surface area (Å²) < 4.78 is 12.6. The Balaban J connectivity index is 1.49. The van der Waals surface area contributed by atoms with E-state index in [0.717, 1.165) is 4.47 Å². The molecule has 0 unspecified atom stereocenters. The zero-order valence-corrected chi connectivity index (χ0v) is 16.5. The zero-order chi connectivity index (χ0) is 19.9. The van der Waals surface area contributed by atoms with Gasteiger partial charge in [-0.05, 0) is 48.5 Å². The molecule has 0 bridgehead atoms. The number of carbonyl (C=O) groups is 2. The molecule has 0 fully saturated rings. The van der Waals surface area contributed by atoms with E-state index >= 15 is 0 Å². The van der Waals surface area contributed by atoms with Gasteiger partial charge in [0.15, 0.2) is 0 Å². The first-order chi connectivity index (χ1) is 13.5. The van der Waals surface area contributed by atoms with Gasteiger partial charge < -0.3 is 14.8 Å². The average molecular weight is 445 g/mol. The van der Waals surface area contributed by atoms with E-state index in [1.807, 2.05) is 12.1 Å². The fraction of sp³-hybridized carbons (Fsp3) is 0.158. The standard InChI is InChI=1S/C19H17BrN4O4/c1-27-17-8-2-13(3-9-17)19(26)28-12-16-10-24(23-22-16)11-18(25)21-15-6-4-14(20)5-7-15/h2-10H,11-12H2,1H3,(H,21,25). The summed E-state index contributed by atoms with van der Waals surface area (Å²) in [7, 11) is 1.55. The summed E-state index contributed by atoms with van der Waals surface area (Å²) in [5.74, 6) is -0.0694. The third-order valence-electron chi connectivity index (χ3n) is 3.70. The molecule has 8 nitrogen and oxygen atoms in total. The SMILES string of the molecule is COc1ccc(C(=O)OCc2cn(CC(=O)Nc3ccc(Br)cc3)nn2)cc1. The van der Waals surface area contributed by atoms with Crippen LogP contribution in [0.5, 0.6) is 5.75 Å². The van der Waals surface area contributed by atoms with E-state index < -0.39 is 5.97 Å². The monoisotopic (exact) mass is 444 g/mol. The molecule has 1 aromatic heterocycles. The number of carbonyl (C=O) groups excluding carboxylic acids is 2. The summed E-state index contributed by atoms with van der Waals surface area (Å²) in [4.78, 5) is 24.1. The van der Waals surface area contributed by atoms with Gasteiger partial charge in [0.1, 0.15) is 24.6 Å². The van der Waals surface area contributed by atoms with Crippen LogP contribution in [0.1, 0.15) is 16.1 Å². The maximum atomic E-state index is 12.1. The summed E-state index contributed by atoms with van der Waals surface area (Å²) in [6, 6.07) is 13.8. The topological polar surface area (TPSA) is 95.3 Å². The molecular formula is C19H17BrN4O4. The maximum Gasteiger partial charge on any atom is 0.338 e. The van der Waals surface area contributed by atoms with Gasteiger partial charge in [-0.15, -0.1) is 5.10 Å². The number of nitrogens with one attached hydrogen (secondary N) is 1. The number of hydrogen-bond acceptors (Lipinski definition) is 6. The highest BCUT2D eigenvalue weighted by atomic mass is 79.9. The molecule has 28 heavy (non-hydrogen) atoms. The first-order valence-electron chi connectivity index (χ1n) is 8.29. The number of rotatable bonds is 7. The van der Waals surface area contributed by atoms with E-state index in [0.29, 0.717) is 22.7 Å². The minimum absolute atomic E-state index is 0.00447. The van der Waals surface area contributed by atoms with Crippen molar-refractivity contribution in [3.63, 3.8) is 0 Å². The van der Waals surface area contributed by atoms with E-state index in [9.17, 15) is 9.59 Å². The molecule has 0 radical (unpaired) electrons. The first kappa shape index (κ1) is 19.6. The Bertz CT molecular complexity index is 955. The number of halogens is 1. The lowest BCUT2D eigenvalue weighted by atomic mass is 10.2. The van der Waals surface area contributed by atoms with Crippen molar-refractivity contribution < 1.29 is 19.1 Å². The second kappa shape index (κ2) is 9.14. The quantitative estimate of drug-likeness (QED) is 0.562. The van der Waals surface area contributed by atoms with Crippen molar-refractivity contribution in [2.45, 2.75) is 13.2 Å². The van der Waals surface area contributed by atoms with E-state index in [1.165, 1.54) is 4.68 Å². The Morgan fingerprint density at radius 1 is 1.11 bits per heavy atom. The molecule has 3 aromatic rings. The van der Waals surface area contributed by atoms with Gasteiger partial charge in [0.25, 0.3) is 0 Å². The van der Waals surface area contributed by atoms with Crippen LogP contribution >= 0.6 is 15.9 Å². The molecule has 0 saturated heterocycles. The molecule has 9 heteroatoms. The van der Waals surface area contributed by atoms with Gasteiger partial charge in [0.2, 0.25) is 5.91 Å². The largest absolute Gasteiger partial charge is 0.497 e. The van der Waals surface area contributed by atoms with Crippen LogP contribution in [0.15, 0.2) is 59.2 Å². The van der Waals surface area contributed by atoms with Crippen LogP contribution in [0.2, 0.25) is 0 Å². The molecule has 0 aliphatic carbocycles. The lowest BCUT2D eigenvalue weighted by Gasteiger charge is -2.05. The van der Waals surface area contributed by atoms with Gasteiger partial charge in [-0.1, -0.05) is 21.1 Å². The number of esters is 1. The number of benzene rings is 2. The number of aromatic nitrogens is 3. The van der Waals surface area contributed by atoms with Gasteiger partial charge >= 0.3 is 5.97 Å². The van der Waals surface area contributed by atoms with Crippen molar-refractivity contribution in [3.05, 3.63) is 70.5 Å². The van der Waals surface area contributed by atoms with Crippen molar-refractivity contribution in [2.75, 3.05) is 12.4 Å². The summed E-state index contributed by atoms with van der Waals surface area (Å²) in [6.07, 6.45) is 1.56. The van der Waals surface area contributed by atoms with Crippen molar-refractivity contribution in [1.29, 1.82) is 0 Å². The van der Waals surface area contributed by atoms with Crippen LogP contribution in [0.3, 0.4) is 0 Å². The lowest BCUT2D eigenvalue weighted by Crippen LogP contribution is -2.19. The summed E-state index contributed by atoms with van der Waals surface area (Å²) in [5, 5.41) is 10.6. The summed E-state index contributed by atoms with van der Waals surface area (Å²) >= 11 is 3.34. The van der Waals surface area contributed by atoms with E-state index in [2.05, 4.69) is 31.6 Å². The highest BCUT2D eigenvalue weighted by Crippen LogP contribution is 2.14. The lowest BCUT2D eigenvalue weighted by molar-refractivity contribution is -0.116. The van der Waals surface area contributed by atoms with Crippen molar-refractivity contribution in [2.24, 2.45) is 0 Å². The second-order valence-corrected chi connectivity index (χ2v) is 6.68. The van der Waals surface area contributed by atoms with Crippen LogP contribution < -0.4 is 10.1 Å². The van der Waals surface area contributed by atoms with E-state index in [-0.39, 0.29) is 19.1 Å². The minimum Gasteiger partial charge on any atom is -0.497 e. The number of anilines is 1. The van der Waals surface area contributed by atoms with Gasteiger partial charge in [-0.2, -0.15) is 0 Å². The molecular weight excluding hydrogens is 428 g/mol. The van der Waals surface area contributed by atoms with E-state index in [1.54, 1.807) is 49.7 Å². The van der Waals surface area contributed by atoms with E-state index in [4.69, 9.17) is 9.47 Å². The van der Waals surface area contributed by atoms with Crippen LogP contribution in [-0.2, 0) is 22.7 Å². The molecule has 1 amide bonds. The first-order valence-corrected chi connectivity index (χ1v) is 9.08. The molecule has 0 saturated carbocycles. The Labute approximate surface area is 169 Å². The van der Waals surface area contributed by atoms with Crippen LogP contribution in [0, 0.1) is 0 Å². The van der Waals surface area contributed by atoms with Crippen LogP contribution in [0.25, 0.3) is 0 Å². The highest BCUT2D eigenvalue weighted by molar-refractivity contribution is 9.10. The molecule has 144 valence electrons. The van der Waals surface area contributed by atoms with Crippen LogP contribution in [-0.4, -0.2) is 34.0 Å². The van der Waals surface area contributed by atoms with Gasteiger partial charge in [-0.25, -0.2) is 9.48 Å². The maximum absolute atomic E-state index is 12.1. The van der Waals surface area contributed by atoms with Crippen molar-refractivity contribution >= 4 is 33.5 Å². The third-order valence-corrected chi connectivity index (χ3v) is 4.23. The summed E-state index contributed by atoms with van der Waals surface area (Å²) in [5.41, 5.74) is 1.53. The molecule has 0 atom stereocenters. The molecule has 0 aliphatic rings. The zero-order valence-electron chi connectivity index (χ0n) is 15.0. The average Bonchev–Trinajstić information content (AvgIpc) is 3.15. The third kappa shape index (κ3) is 5.40. The predicted molar refractivity (Wildman–Crippen MR) is 105 cm³/mol. The Morgan fingerprint density at radius 2 is 1.82 bits per heavy atom. The Morgan fingerprint density at radius 3 is 2.50 bits per heavy atom. The van der Waals surface area contributed by atoms with Crippen molar-refractivity contribution in [1.82, 2.24) is 15.0 Å². The summed E-state index contributed by atoms with van der Waals surface area (Å²) in [6.45, 7) is -0.0469. The van der Waals surface area contributed by atoms with Gasteiger partial charge in [0, 0.05) is 10.2 Å². The molecule has 2 aromatic carbocycles. The number of nitrogens with zero attached hydrogens (tertiary/aromatic N) is 3. The minimum atomic E-state index is -0.481. The normalized spacial score (nSPS) is 10.4. The number of hydrogen-bond donors (Lipinski definition) is 1. The molecule has 3 rings (SSSR count). The van der Waals surface area contributed by atoms with Gasteiger partial charge in [-0.3, -0.25) is 4.79 Å². The highest BCUT2D eigenvalue weighted by Gasteiger charge is 2.11. The molecule has 1 heterocycles. The Hall–Kier alpha value is -3.20. The molecule has 0 aliphatic heterocycles.